The molecule has 2 aromatic rings. The molecule has 1 unspecified atom stereocenters. The summed E-state index contributed by atoms with van der Waals surface area (Å²) in [5.74, 6) is -0.571. The fourth-order valence-corrected chi connectivity index (χ4v) is 2.11. The number of carbonyl (C=O) groups is 1. The van der Waals surface area contributed by atoms with E-state index in [0.29, 0.717) is 5.56 Å². The molecule has 2 rings (SSSR count). The second-order valence-electron chi connectivity index (χ2n) is 5.22. The minimum absolute atomic E-state index is 0.0812. The van der Waals surface area contributed by atoms with E-state index < -0.39 is 30.3 Å². The first-order chi connectivity index (χ1) is 11.7. The smallest absolute Gasteiger partial charge is 0.416 e. The highest BCUT2D eigenvalue weighted by molar-refractivity contribution is 5.94. The maximum atomic E-state index is 12.5. The number of nitrogens with one attached hydrogen (secondary N) is 1. The number of ether oxygens (including phenoxy) is 1. The van der Waals surface area contributed by atoms with E-state index in [-0.39, 0.29) is 11.3 Å². The fraction of sp³-hybridized carbons (Fsp3) is 0.235. The molecular weight excluding hydrogens is 345 g/mol. The van der Waals surface area contributed by atoms with Crippen molar-refractivity contribution in [3.05, 3.63) is 65.2 Å². The lowest BCUT2D eigenvalue weighted by Crippen LogP contribution is -2.26. The van der Waals surface area contributed by atoms with Crippen molar-refractivity contribution >= 4 is 5.91 Å². The summed E-state index contributed by atoms with van der Waals surface area (Å²) >= 11 is 0. The van der Waals surface area contributed by atoms with Crippen LogP contribution in [0.15, 0.2) is 48.5 Å². The largest absolute Gasteiger partial charge is 0.435 e. The number of carbonyl (C=O) groups excluding carboxylic acids is 1. The van der Waals surface area contributed by atoms with Crippen molar-refractivity contribution in [3.63, 3.8) is 0 Å². The summed E-state index contributed by atoms with van der Waals surface area (Å²) in [5.41, 5.74) is -0.0659. The lowest BCUT2D eigenvalue weighted by Gasteiger charge is -2.15. The molecule has 0 fully saturated rings. The molecular formula is C17H14F5NO2. The van der Waals surface area contributed by atoms with E-state index in [2.05, 4.69) is 10.1 Å². The van der Waals surface area contributed by atoms with Crippen LogP contribution >= 0.6 is 0 Å². The third kappa shape index (κ3) is 5.17. The molecule has 25 heavy (non-hydrogen) atoms. The van der Waals surface area contributed by atoms with E-state index in [1.54, 1.807) is 6.92 Å². The van der Waals surface area contributed by atoms with Crippen molar-refractivity contribution < 1.29 is 31.5 Å². The molecule has 3 nitrogen and oxygen atoms in total. The van der Waals surface area contributed by atoms with E-state index in [1.165, 1.54) is 36.4 Å². The van der Waals surface area contributed by atoms with Gasteiger partial charge in [0.1, 0.15) is 5.75 Å². The van der Waals surface area contributed by atoms with Gasteiger partial charge < -0.3 is 10.1 Å². The van der Waals surface area contributed by atoms with Crippen molar-refractivity contribution in [1.82, 2.24) is 5.32 Å². The average Bonchev–Trinajstić information content (AvgIpc) is 2.54. The summed E-state index contributed by atoms with van der Waals surface area (Å²) in [4.78, 5) is 12.1. The molecule has 0 aliphatic rings. The van der Waals surface area contributed by atoms with E-state index in [0.717, 1.165) is 12.1 Å². The van der Waals surface area contributed by atoms with Crippen LogP contribution in [0.4, 0.5) is 22.0 Å². The Morgan fingerprint density at radius 1 is 1.00 bits per heavy atom. The predicted octanol–water partition coefficient (Wildman–Crippen LogP) is 4.80. The Balaban J connectivity index is 2.02. The van der Waals surface area contributed by atoms with Gasteiger partial charge in [-0.3, -0.25) is 4.79 Å². The minimum atomic E-state index is -4.42. The summed E-state index contributed by atoms with van der Waals surface area (Å²) in [6.07, 6.45) is -4.42. The summed E-state index contributed by atoms with van der Waals surface area (Å²) in [5, 5.41) is 2.62. The van der Waals surface area contributed by atoms with Gasteiger partial charge >= 0.3 is 12.8 Å². The highest BCUT2D eigenvalue weighted by Gasteiger charge is 2.30. The van der Waals surface area contributed by atoms with Crippen LogP contribution in [-0.4, -0.2) is 12.5 Å². The molecule has 0 aromatic heterocycles. The number of hydrogen-bond acceptors (Lipinski definition) is 2. The number of hydrogen-bond donors (Lipinski definition) is 1. The van der Waals surface area contributed by atoms with Crippen molar-refractivity contribution in [2.75, 3.05) is 0 Å². The molecule has 0 saturated heterocycles. The number of halogens is 5. The van der Waals surface area contributed by atoms with Crippen LogP contribution < -0.4 is 10.1 Å². The van der Waals surface area contributed by atoms with E-state index in [4.69, 9.17) is 0 Å². The molecule has 1 N–H and O–H groups in total. The number of benzene rings is 2. The van der Waals surface area contributed by atoms with Gasteiger partial charge in [0, 0.05) is 5.56 Å². The maximum absolute atomic E-state index is 12.5. The fourth-order valence-electron chi connectivity index (χ4n) is 2.11. The molecule has 0 aliphatic heterocycles. The topological polar surface area (TPSA) is 38.3 Å². The molecule has 0 saturated carbocycles. The Bertz CT molecular complexity index is 711. The molecule has 8 heteroatoms. The average molecular weight is 359 g/mol. The molecule has 1 amide bonds. The lowest BCUT2D eigenvalue weighted by molar-refractivity contribution is -0.137. The summed E-state index contributed by atoms with van der Waals surface area (Å²) in [7, 11) is 0. The Hall–Kier alpha value is -2.64. The molecule has 134 valence electrons. The number of rotatable bonds is 5. The number of amides is 1. The van der Waals surface area contributed by atoms with Gasteiger partial charge in [-0.1, -0.05) is 12.1 Å². The molecule has 0 radical (unpaired) electrons. The summed E-state index contributed by atoms with van der Waals surface area (Å²) < 4.78 is 65.9. The molecule has 0 bridgehead atoms. The summed E-state index contributed by atoms with van der Waals surface area (Å²) in [6, 6.07) is 8.99. The van der Waals surface area contributed by atoms with E-state index in [1.807, 2.05) is 0 Å². The van der Waals surface area contributed by atoms with Gasteiger partial charge in [-0.25, -0.2) is 0 Å². The van der Waals surface area contributed by atoms with E-state index >= 15 is 0 Å². The molecule has 0 aliphatic carbocycles. The first kappa shape index (κ1) is 18.7. The van der Waals surface area contributed by atoms with Crippen LogP contribution in [0.2, 0.25) is 0 Å². The van der Waals surface area contributed by atoms with Gasteiger partial charge in [-0.2, -0.15) is 22.0 Å². The SMILES string of the molecule is CC(NC(=O)c1ccc(OC(F)F)cc1)c1ccc(C(F)(F)F)cc1. The van der Waals surface area contributed by atoms with Crippen molar-refractivity contribution in [2.45, 2.75) is 25.8 Å². The van der Waals surface area contributed by atoms with Crippen molar-refractivity contribution in [2.24, 2.45) is 0 Å². The molecule has 0 spiro atoms. The zero-order chi connectivity index (χ0) is 18.6. The van der Waals surface area contributed by atoms with Gasteiger partial charge in [0.25, 0.3) is 5.91 Å². The van der Waals surface area contributed by atoms with Crippen LogP contribution in [-0.2, 0) is 6.18 Å². The molecule has 1 atom stereocenters. The highest BCUT2D eigenvalue weighted by atomic mass is 19.4. The Morgan fingerprint density at radius 2 is 1.56 bits per heavy atom. The standard InChI is InChI=1S/C17H14F5NO2/c1-10(11-2-6-13(7-3-11)17(20,21)22)23-15(24)12-4-8-14(9-5-12)25-16(18)19/h2-10,16H,1H3,(H,23,24). The van der Waals surface area contributed by atoms with Crippen LogP contribution in [0.25, 0.3) is 0 Å². The predicted molar refractivity (Wildman–Crippen MR) is 80.4 cm³/mol. The van der Waals surface area contributed by atoms with Gasteiger partial charge in [-0.15, -0.1) is 0 Å². The first-order valence-electron chi connectivity index (χ1n) is 7.19. The normalized spacial score (nSPS) is 12.8. The first-order valence-corrected chi connectivity index (χ1v) is 7.19. The van der Waals surface area contributed by atoms with E-state index in [9.17, 15) is 26.7 Å². The Kier molecular flexibility index (Phi) is 5.61. The third-order valence-electron chi connectivity index (χ3n) is 3.43. The van der Waals surface area contributed by atoms with Crippen molar-refractivity contribution in [1.29, 1.82) is 0 Å². The zero-order valence-corrected chi connectivity index (χ0v) is 13.0. The number of alkyl halides is 5. The zero-order valence-electron chi connectivity index (χ0n) is 13.0. The Morgan fingerprint density at radius 3 is 2.04 bits per heavy atom. The van der Waals surface area contributed by atoms with Crippen LogP contribution in [0.3, 0.4) is 0 Å². The highest BCUT2D eigenvalue weighted by Crippen LogP contribution is 2.30. The monoisotopic (exact) mass is 359 g/mol. The second kappa shape index (κ2) is 7.50. The van der Waals surface area contributed by atoms with Gasteiger partial charge in [0.2, 0.25) is 0 Å². The minimum Gasteiger partial charge on any atom is -0.435 e. The molecule has 2 aromatic carbocycles. The summed E-state index contributed by atoms with van der Waals surface area (Å²) in [6.45, 7) is -1.34. The van der Waals surface area contributed by atoms with Gasteiger partial charge in [0.15, 0.2) is 0 Å². The molecule has 0 heterocycles. The lowest BCUT2D eigenvalue weighted by atomic mass is 10.1. The van der Waals surface area contributed by atoms with Crippen LogP contribution in [0.1, 0.15) is 34.5 Å². The van der Waals surface area contributed by atoms with Crippen LogP contribution in [0, 0.1) is 0 Å². The second-order valence-corrected chi connectivity index (χ2v) is 5.22. The van der Waals surface area contributed by atoms with Gasteiger partial charge in [0.05, 0.1) is 11.6 Å². The third-order valence-corrected chi connectivity index (χ3v) is 3.43. The maximum Gasteiger partial charge on any atom is 0.416 e. The quantitative estimate of drug-likeness (QED) is 0.779. The van der Waals surface area contributed by atoms with Crippen molar-refractivity contribution in [3.8, 4) is 5.75 Å². The Labute approximate surface area is 140 Å². The van der Waals surface area contributed by atoms with Gasteiger partial charge in [-0.05, 0) is 48.9 Å². The van der Waals surface area contributed by atoms with Crippen LogP contribution in [0.5, 0.6) is 5.75 Å².